The van der Waals surface area contributed by atoms with Crippen LogP contribution in [-0.2, 0) is 4.74 Å². The fraction of sp³-hybridized carbons (Fsp3) is 0.609. The fourth-order valence-electron chi connectivity index (χ4n) is 4.75. The van der Waals surface area contributed by atoms with Crippen molar-refractivity contribution in [1.82, 2.24) is 29.7 Å². The Labute approximate surface area is 194 Å². The van der Waals surface area contributed by atoms with Crippen LogP contribution >= 0.6 is 0 Å². The summed E-state index contributed by atoms with van der Waals surface area (Å²) in [7, 11) is 0. The molecule has 1 aliphatic heterocycles. The smallest absolute Gasteiger partial charge is 0.370 e. The number of hydrogen-bond acceptors (Lipinski definition) is 7. The summed E-state index contributed by atoms with van der Waals surface area (Å²) in [5.74, 6) is -1.12. The van der Waals surface area contributed by atoms with Crippen LogP contribution in [0.15, 0.2) is 12.4 Å². The molecular formula is C23H26F3N7O. The first-order chi connectivity index (χ1) is 16.3. The zero-order valence-corrected chi connectivity index (χ0v) is 19.1. The third-order valence-electron chi connectivity index (χ3n) is 7.21. The molecule has 180 valence electrons. The van der Waals surface area contributed by atoms with Crippen LogP contribution in [0.25, 0.3) is 11.2 Å². The molecule has 0 radical (unpaired) electrons. The zero-order valence-electron chi connectivity index (χ0n) is 19.1. The van der Waals surface area contributed by atoms with E-state index in [1.807, 2.05) is 35.8 Å². The SMILES string of the molecule is Cc1nc2nc(N3CCO[C@@H](c4cnn(C5CC5)c4)C3)nc([C@H]3C[C@@H](C(F)(F)F)C3)c2nc1C. The van der Waals surface area contributed by atoms with E-state index in [-0.39, 0.29) is 24.9 Å². The van der Waals surface area contributed by atoms with Gasteiger partial charge < -0.3 is 9.64 Å². The number of alkyl halides is 3. The Bertz CT molecular complexity index is 1230. The minimum absolute atomic E-state index is 0.0236. The first kappa shape index (κ1) is 21.7. The van der Waals surface area contributed by atoms with Crippen LogP contribution in [-0.4, -0.2) is 55.6 Å². The minimum atomic E-state index is -4.18. The molecule has 34 heavy (non-hydrogen) atoms. The van der Waals surface area contributed by atoms with Crippen molar-refractivity contribution >= 4 is 17.1 Å². The average molecular weight is 474 g/mol. The van der Waals surface area contributed by atoms with E-state index in [2.05, 4.69) is 20.1 Å². The van der Waals surface area contributed by atoms with Gasteiger partial charge in [0.25, 0.3) is 0 Å². The summed E-state index contributed by atoms with van der Waals surface area (Å²) in [4.78, 5) is 20.7. The molecule has 1 atom stereocenters. The first-order valence-electron chi connectivity index (χ1n) is 11.8. The summed E-state index contributed by atoms with van der Waals surface area (Å²) in [5, 5.41) is 4.47. The second-order valence-electron chi connectivity index (χ2n) is 9.67. The average Bonchev–Trinajstić information content (AvgIpc) is 3.49. The lowest BCUT2D eigenvalue weighted by atomic mass is 9.72. The van der Waals surface area contributed by atoms with Crippen molar-refractivity contribution in [2.45, 2.75) is 63.8 Å². The molecule has 11 heteroatoms. The fourth-order valence-corrected chi connectivity index (χ4v) is 4.75. The number of anilines is 1. The van der Waals surface area contributed by atoms with Crippen LogP contribution in [0.3, 0.4) is 0 Å². The Morgan fingerprint density at radius 1 is 1.03 bits per heavy atom. The van der Waals surface area contributed by atoms with Gasteiger partial charge in [-0.2, -0.15) is 23.3 Å². The van der Waals surface area contributed by atoms with Gasteiger partial charge in [-0.05, 0) is 39.5 Å². The molecule has 0 amide bonds. The lowest BCUT2D eigenvalue weighted by Crippen LogP contribution is -2.40. The maximum atomic E-state index is 13.2. The van der Waals surface area contributed by atoms with Gasteiger partial charge in [0.1, 0.15) is 11.6 Å². The molecule has 0 N–H and O–H groups in total. The lowest BCUT2D eigenvalue weighted by Gasteiger charge is -2.37. The number of aromatic nitrogens is 6. The van der Waals surface area contributed by atoms with E-state index in [1.165, 1.54) is 0 Å². The third-order valence-corrected chi connectivity index (χ3v) is 7.21. The molecule has 1 saturated heterocycles. The Morgan fingerprint density at radius 3 is 2.53 bits per heavy atom. The molecule has 2 aliphatic carbocycles. The maximum absolute atomic E-state index is 13.2. The molecular weight excluding hydrogens is 447 g/mol. The molecule has 0 unspecified atom stereocenters. The van der Waals surface area contributed by atoms with Crippen molar-refractivity contribution in [3.63, 3.8) is 0 Å². The van der Waals surface area contributed by atoms with Crippen molar-refractivity contribution in [2.75, 3.05) is 24.6 Å². The molecule has 8 nitrogen and oxygen atoms in total. The Balaban J connectivity index is 1.32. The van der Waals surface area contributed by atoms with Gasteiger partial charge in [0, 0.05) is 24.2 Å². The summed E-state index contributed by atoms with van der Waals surface area (Å²) in [6, 6.07) is 0.494. The van der Waals surface area contributed by atoms with Crippen molar-refractivity contribution < 1.29 is 17.9 Å². The highest BCUT2D eigenvalue weighted by Gasteiger charge is 2.49. The van der Waals surface area contributed by atoms with Gasteiger partial charge in [-0.1, -0.05) is 0 Å². The van der Waals surface area contributed by atoms with E-state index in [0.717, 1.165) is 29.8 Å². The van der Waals surface area contributed by atoms with E-state index in [9.17, 15) is 13.2 Å². The first-order valence-corrected chi connectivity index (χ1v) is 11.8. The van der Waals surface area contributed by atoms with Crippen molar-refractivity contribution in [3.8, 4) is 0 Å². The van der Waals surface area contributed by atoms with Crippen LogP contribution in [0.5, 0.6) is 0 Å². The van der Waals surface area contributed by atoms with Crippen LogP contribution in [0.4, 0.5) is 19.1 Å². The standard InChI is InChI=1S/C23H26F3N7O/c1-12-13(2)29-21-20(28-12)19(14-7-16(8-14)23(24,25)26)30-22(31-21)32-5-6-34-18(11-32)15-9-27-33(10-15)17-3-4-17/h9-10,14,16-18H,3-8,11H2,1-2H3/t14-,16+,18-/m1/s1. The Kier molecular flexibility index (Phi) is 5.02. The summed E-state index contributed by atoms with van der Waals surface area (Å²) in [6.07, 6.45) is 1.90. The number of morpholine rings is 1. The molecule has 2 saturated carbocycles. The van der Waals surface area contributed by atoms with Crippen molar-refractivity contribution in [3.05, 3.63) is 35.0 Å². The van der Waals surface area contributed by atoms with E-state index in [1.54, 1.807) is 0 Å². The van der Waals surface area contributed by atoms with Gasteiger partial charge in [-0.25, -0.2) is 15.0 Å². The highest BCUT2D eigenvalue weighted by Crippen LogP contribution is 2.50. The summed E-state index contributed by atoms with van der Waals surface area (Å²) >= 11 is 0. The minimum Gasteiger partial charge on any atom is -0.370 e. The summed E-state index contributed by atoms with van der Waals surface area (Å²) < 4.78 is 47.5. The van der Waals surface area contributed by atoms with Gasteiger partial charge in [0.2, 0.25) is 5.95 Å². The van der Waals surface area contributed by atoms with Gasteiger partial charge >= 0.3 is 6.18 Å². The number of nitrogens with zero attached hydrogens (tertiary/aromatic N) is 7. The van der Waals surface area contributed by atoms with Crippen LogP contribution in [0.2, 0.25) is 0 Å². The zero-order chi connectivity index (χ0) is 23.6. The van der Waals surface area contributed by atoms with Crippen LogP contribution in [0.1, 0.15) is 66.4 Å². The summed E-state index contributed by atoms with van der Waals surface area (Å²) in [6.45, 7) is 5.32. The molecule has 3 aromatic heterocycles. The Hall–Kier alpha value is -2.82. The second-order valence-corrected chi connectivity index (χ2v) is 9.67. The highest BCUT2D eigenvalue weighted by atomic mass is 19.4. The molecule has 3 aromatic rings. The number of ether oxygens (including phenoxy) is 1. The van der Waals surface area contributed by atoms with Crippen molar-refractivity contribution in [1.29, 1.82) is 0 Å². The number of halogens is 3. The topological polar surface area (TPSA) is 81.9 Å². The quantitative estimate of drug-likeness (QED) is 0.562. The maximum Gasteiger partial charge on any atom is 0.391 e. The largest absolute Gasteiger partial charge is 0.391 e. The van der Waals surface area contributed by atoms with E-state index < -0.39 is 12.1 Å². The van der Waals surface area contributed by atoms with Gasteiger partial charge in [0.05, 0.1) is 48.4 Å². The highest BCUT2D eigenvalue weighted by molar-refractivity contribution is 5.75. The number of aryl methyl sites for hydroxylation is 2. The Morgan fingerprint density at radius 2 is 1.79 bits per heavy atom. The van der Waals surface area contributed by atoms with E-state index in [4.69, 9.17) is 9.72 Å². The number of fused-ring (bicyclic) bond motifs is 1. The van der Waals surface area contributed by atoms with Crippen molar-refractivity contribution in [2.24, 2.45) is 5.92 Å². The third kappa shape index (κ3) is 3.89. The molecule has 0 spiro atoms. The normalized spacial score (nSPS) is 25.6. The van der Waals surface area contributed by atoms with Crippen LogP contribution < -0.4 is 4.90 Å². The predicted molar refractivity (Wildman–Crippen MR) is 118 cm³/mol. The monoisotopic (exact) mass is 473 g/mol. The van der Waals surface area contributed by atoms with Gasteiger partial charge in [-0.15, -0.1) is 0 Å². The second kappa shape index (κ2) is 7.86. The molecule has 0 bridgehead atoms. The molecule has 3 fully saturated rings. The summed E-state index contributed by atoms with van der Waals surface area (Å²) in [5.41, 5.74) is 4.00. The molecule has 0 aromatic carbocycles. The predicted octanol–water partition coefficient (Wildman–Crippen LogP) is 4.20. The van der Waals surface area contributed by atoms with E-state index >= 15 is 0 Å². The van der Waals surface area contributed by atoms with Gasteiger partial charge in [0.15, 0.2) is 5.65 Å². The lowest BCUT2D eigenvalue weighted by molar-refractivity contribution is -0.197. The van der Waals surface area contributed by atoms with E-state index in [0.29, 0.717) is 48.5 Å². The number of hydrogen-bond donors (Lipinski definition) is 0. The molecule has 4 heterocycles. The van der Waals surface area contributed by atoms with Gasteiger partial charge in [-0.3, -0.25) is 4.68 Å². The number of rotatable bonds is 4. The molecule has 3 aliphatic rings. The van der Waals surface area contributed by atoms with Crippen LogP contribution in [0, 0.1) is 19.8 Å². The molecule has 6 rings (SSSR count).